The van der Waals surface area contributed by atoms with Gasteiger partial charge in [0.15, 0.2) is 0 Å². The first-order chi connectivity index (χ1) is 15.5. The number of nitriles is 1. The summed E-state index contributed by atoms with van der Waals surface area (Å²) in [6.45, 7) is 1.47. The fourth-order valence-electron chi connectivity index (χ4n) is 3.69. The van der Waals surface area contributed by atoms with Crippen LogP contribution in [0, 0.1) is 11.3 Å². The first-order valence-electron chi connectivity index (χ1n) is 10.2. The number of benzene rings is 3. The molecule has 1 fully saturated rings. The SMILES string of the molecule is N#Cc1ccccc1CN1CCCN(c2cccc(NS(=O)(=O)c3ccccc3)c2)C1=O. The predicted molar refractivity (Wildman–Crippen MR) is 123 cm³/mol. The Morgan fingerprint density at radius 1 is 0.938 bits per heavy atom. The minimum atomic E-state index is -3.73. The van der Waals surface area contributed by atoms with Crippen LogP contribution in [0.3, 0.4) is 0 Å². The van der Waals surface area contributed by atoms with E-state index in [0.29, 0.717) is 36.6 Å². The summed E-state index contributed by atoms with van der Waals surface area (Å²) < 4.78 is 27.9. The van der Waals surface area contributed by atoms with Crippen molar-refractivity contribution >= 4 is 27.4 Å². The van der Waals surface area contributed by atoms with Gasteiger partial charge in [-0.25, -0.2) is 13.2 Å². The van der Waals surface area contributed by atoms with Crippen molar-refractivity contribution in [3.05, 3.63) is 90.0 Å². The highest BCUT2D eigenvalue weighted by Gasteiger charge is 2.27. The van der Waals surface area contributed by atoms with Crippen LogP contribution in [0.25, 0.3) is 0 Å². The molecule has 0 spiro atoms. The van der Waals surface area contributed by atoms with Crippen LogP contribution in [0.5, 0.6) is 0 Å². The summed E-state index contributed by atoms with van der Waals surface area (Å²) in [6, 6.07) is 24.2. The maximum atomic E-state index is 13.2. The van der Waals surface area contributed by atoms with Gasteiger partial charge >= 0.3 is 6.03 Å². The summed E-state index contributed by atoms with van der Waals surface area (Å²) in [4.78, 5) is 16.7. The molecule has 7 nitrogen and oxygen atoms in total. The summed E-state index contributed by atoms with van der Waals surface area (Å²) >= 11 is 0. The van der Waals surface area contributed by atoms with Gasteiger partial charge in [0.25, 0.3) is 10.0 Å². The number of carbonyl (C=O) groups excluding carboxylic acids is 1. The van der Waals surface area contributed by atoms with Crippen molar-refractivity contribution in [1.29, 1.82) is 5.26 Å². The Bertz CT molecular complexity index is 1270. The molecule has 0 atom stereocenters. The van der Waals surface area contributed by atoms with Crippen molar-refractivity contribution in [2.75, 3.05) is 22.7 Å². The van der Waals surface area contributed by atoms with Crippen LogP contribution in [0.4, 0.5) is 16.2 Å². The maximum Gasteiger partial charge on any atom is 0.324 e. The number of hydrogen-bond acceptors (Lipinski definition) is 4. The zero-order valence-corrected chi connectivity index (χ0v) is 18.1. The van der Waals surface area contributed by atoms with Crippen LogP contribution in [-0.4, -0.2) is 32.4 Å². The number of nitrogens with zero attached hydrogens (tertiary/aromatic N) is 3. The molecule has 1 saturated heterocycles. The molecule has 8 heteroatoms. The summed E-state index contributed by atoms with van der Waals surface area (Å²) in [5.41, 5.74) is 2.34. The Hall–Kier alpha value is -3.83. The number of amides is 2. The number of nitrogens with one attached hydrogen (secondary N) is 1. The van der Waals surface area contributed by atoms with E-state index in [1.807, 2.05) is 12.1 Å². The second kappa shape index (κ2) is 9.12. The van der Waals surface area contributed by atoms with Gasteiger partial charge in [0.2, 0.25) is 0 Å². The Balaban J connectivity index is 1.54. The summed E-state index contributed by atoms with van der Waals surface area (Å²) in [7, 11) is -3.73. The Morgan fingerprint density at radius 2 is 1.69 bits per heavy atom. The molecular formula is C24H22N4O3S. The van der Waals surface area contributed by atoms with E-state index >= 15 is 0 Å². The van der Waals surface area contributed by atoms with Gasteiger partial charge in [-0.15, -0.1) is 0 Å². The number of anilines is 2. The first-order valence-corrected chi connectivity index (χ1v) is 11.7. The highest BCUT2D eigenvalue weighted by Crippen LogP contribution is 2.26. The van der Waals surface area contributed by atoms with E-state index in [9.17, 15) is 18.5 Å². The third-order valence-corrected chi connectivity index (χ3v) is 6.67. The first kappa shape index (κ1) is 21.4. The molecule has 32 heavy (non-hydrogen) atoms. The van der Waals surface area contributed by atoms with Crippen LogP contribution < -0.4 is 9.62 Å². The molecule has 2 amide bonds. The van der Waals surface area contributed by atoms with Gasteiger partial charge in [0.05, 0.1) is 22.2 Å². The zero-order valence-electron chi connectivity index (χ0n) is 17.3. The van der Waals surface area contributed by atoms with Gasteiger partial charge in [-0.1, -0.05) is 42.5 Å². The summed E-state index contributed by atoms with van der Waals surface area (Å²) in [5.74, 6) is 0. The molecule has 0 unspecified atom stereocenters. The normalized spacial score (nSPS) is 14.2. The average molecular weight is 447 g/mol. The van der Waals surface area contributed by atoms with Gasteiger partial charge in [-0.05, 0) is 48.4 Å². The topological polar surface area (TPSA) is 93.5 Å². The van der Waals surface area contributed by atoms with Crippen molar-refractivity contribution < 1.29 is 13.2 Å². The lowest BCUT2D eigenvalue weighted by Crippen LogP contribution is -2.49. The molecular weight excluding hydrogens is 424 g/mol. The molecule has 0 aliphatic carbocycles. The average Bonchev–Trinajstić information content (AvgIpc) is 2.81. The van der Waals surface area contributed by atoms with Gasteiger partial charge < -0.3 is 4.90 Å². The third-order valence-electron chi connectivity index (χ3n) is 5.27. The lowest BCUT2D eigenvalue weighted by atomic mass is 10.1. The van der Waals surface area contributed by atoms with E-state index in [4.69, 9.17) is 0 Å². The molecule has 1 aliphatic rings. The molecule has 0 aromatic heterocycles. The van der Waals surface area contributed by atoms with E-state index in [1.54, 1.807) is 64.4 Å². The lowest BCUT2D eigenvalue weighted by Gasteiger charge is -2.36. The molecule has 0 radical (unpaired) electrons. The number of carbonyl (C=O) groups is 1. The minimum Gasteiger partial charge on any atom is -0.320 e. The standard InChI is InChI=1S/C24H22N4O3S/c25-17-19-8-4-5-9-20(19)18-27-14-7-15-28(24(27)29)22-11-6-10-21(16-22)26-32(30,31)23-12-2-1-3-13-23/h1-6,8-13,16,26H,7,14-15,18H2. The fourth-order valence-corrected chi connectivity index (χ4v) is 4.76. The number of sulfonamides is 1. The minimum absolute atomic E-state index is 0.168. The third kappa shape index (κ3) is 4.58. The molecule has 4 rings (SSSR count). The highest BCUT2D eigenvalue weighted by atomic mass is 32.2. The van der Waals surface area contributed by atoms with Gasteiger partial charge in [-0.3, -0.25) is 9.62 Å². The van der Waals surface area contributed by atoms with E-state index in [1.165, 1.54) is 12.1 Å². The molecule has 1 heterocycles. The van der Waals surface area contributed by atoms with Crippen molar-refractivity contribution in [3.8, 4) is 6.07 Å². The smallest absolute Gasteiger partial charge is 0.320 e. The van der Waals surface area contributed by atoms with Crippen LogP contribution >= 0.6 is 0 Å². The second-order valence-electron chi connectivity index (χ2n) is 7.45. The van der Waals surface area contributed by atoms with Crippen molar-refractivity contribution in [1.82, 2.24) is 4.90 Å². The van der Waals surface area contributed by atoms with Crippen molar-refractivity contribution in [2.24, 2.45) is 0 Å². The van der Waals surface area contributed by atoms with Crippen LogP contribution in [0.15, 0.2) is 83.8 Å². The highest BCUT2D eigenvalue weighted by molar-refractivity contribution is 7.92. The van der Waals surface area contributed by atoms with Crippen LogP contribution in [0.2, 0.25) is 0 Å². The van der Waals surface area contributed by atoms with Gasteiger partial charge in [-0.2, -0.15) is 5.26 Å². The van der Waals surface area contributed by atoms with Gasteiger partial charge in [0.1, 0.15) is 0 Å². The van der Waals surface area contributed by atoms with Crippen molar-refractivity contribution in [2.45, 2.75) is 17.9 Å². The number of urea groups is 1. The molecule has 162 valence electrons. The van der Waals surface area contributed by atoms with E-state index in [0.717, 1.165) is 12.0 Å². The summed E-state index contributed by atoms with van der Waals surface area (Å²) in [5, 5.41) is 9.33. The number of rotatable bonds is 6. The Morgan fingerprint density at radius 3 is 2.47 bits per heavy atom. The molecule has 0 bridgehead atoms. The monoisotopic (exact) mass is 446 g/mol. The van der Waals surface area contributed by atoms with Gasteiger partial charge in [0, 0.05) is 25.3 Å². The molecule has 1 aliphatic heterocycles. The largest absolute Gasteiger partial charge is 0.324 e. The van der Waals surface area contributed by atoms with E-state index < -0.39 is 10.0 Å². The quantitative estimate of drug-likeness (QED) is 0.614. The van der Waals surface area contributed by atoms with Crippen LogP contribution in [0.1, 0.15) is 17.5 Å². The lowest BCUT2D eigenvalue weighted by molar-refractivity contribution is 0.192. The predicted octanol–water partition coefficient (Wildman–Crippen LogP) is 4.19. The molecule has 1 N–H and O–H groups in total. The Kier molecular flexibility index (Phi) is 6.10. The molecule has 3 aromatic carbocycles. The Labute approximate surface area is 187 Å². The number of hydrogen-bond donors (Lipinski definition) is 1. The zero-order chi connectivity index (χ0) is 22.6. The molecule has 0 saturated carbocycles. The molecule has 3 aromatic rings. The second-order valence-corrected chi connectivity index (χ2v) is 9.13. The van der Waals surface area contributed by atoms with E-state index in [2.05, 4.69) is 10.8 Å². The fraction of sp³-hybridized carbons (Fsp3) is 0.167. The van der Waals surface area contributed by atoms with Crippen LogP contribution in [-0.2, 0) is 16.6 Å². The summed E-state index contributed by atoms with van der Waals surface area (Å²) in [6.07, 6.45) is 0.764. The van der Waals surface area contributed by atoms with E-state index in [-0.39, 0.29) is 10.9 Å². The van der Waals surface area contributed by atoms with Crippen molar-refractivity contribution in [3.63, 3.8) is 0 Å². The maximum absolute atomic E-state index is 13.2.